The highest BCUT2D eigenvalue weighted by molar-refractivity contribution is 5.85. The topological polar surface area (TPSA) is 58.5 Å². The van der Waals surface area contributed by atoms with Gasteiger partial charge < -0.3 is 5.32 Å². The van der Waals surface area contributed by atoms with Crippen LogP contribution in [0.15, 0.2) is 5.18 Å². The molecule has 1 N–H and O–H groups in total. The van der Waals surface area contributed by atoms with E-state index in [2.05, 4.69) is 10.5 Å². The molecule has 0 bridgehead atoms. The molecule has 94 valence electrons. The molecule has 0 aliphatic carbocycles. The van der Waals surface area contributed by atoms with Crippen LogP contribution in [-0.4, -0.2) is 24.4 Å². The molecule has 0 radical (unpaired) electrons. The lowest BCUT2D eigenvalue weighted by Crippen LogP contribution is -2.42. The Hall–Kier alpha value is -0.770. The summed E-state index contributed by atoms with van der Waals surface area (Å²) in [5, 5.41) is 6.10. The quantitative estimate of drug-likeness (QED) is 0.487. The van der Waals surface area contributed by atoms with Gasteiger partial charge in [-0.1, -0.05) is 32.9 Å². The molecule has 0 aliphatic rings. The number of nitrogens with one attached hydrogen (secondary N) is 1. The van der Waals surface area contributed by atoms with E-state index in [4.69, 9.17) is 0 Å². The summed E-state index contributed by atoms with van der Waals surface area (Å²) in [6, 6.07) is 0.226. The molecule has 0 aliphatic heterocycles. The molecule has 0 rings (SSSR count). The molecule has 0 aromatic carbocycles. The first-order chi connectivity index (χ1) is 7.49. The molecule has 0 saturated carbocycles. The predicted molar refractivity (Wildman–Crippen MR) is 66.4 cm³/mol. The second-order valence-electron chi connectivity index (χ2n) is 4.78. The molecular formula is C12H24N2O2. The minimum absolute atomic E-state index is 0.0560. The van der Waals surface area contributed by atoms with Crippen molar-refractivity contribution in [2.45, 2.75) is 59.0 Å². The van der Waals surface area contributed by atoms with Crippen molar-refractivity contribution in [2.24, 2.45) is 11.1 Å². The van der Waals surface area contributed by atoms with Crippen LogP contribution in [0.25, 0.3) is 0 Å². The highest BCUT2D eigenvalue weighted by Gasteiger charge is 2.20. The second-order valence-corrected chi connectivity index (χ2v) is 4.78. The fourth-order valence-electron chi connectivity index (χ4n) is 1.64. The van der Waals surface area contributed by atoms with Gasteiger partial charge in [-0.15, -0.1) is 0 Å². The molecule has 1 atom stereocenters. The first-order valence-electron chi connectivity index (χ1n) is 6.08. The molecule has 0 heterocycles. The van der Waals surface area contributed by atoms with E-state index in [0.717, 1.165) is 19.3 Å². The molecule has 0 spiro atoms. The van der Waals surface area contributed by atoms with Crippen molar-refractivity contribution in [3.8, 4) is 0 Å². The summed E-state index contributed by atoms with van der Waals surface area (Å²) in [5.74, 6) is 0.313. The second kappa shape index (κ2) is 8.39. The van der Waals surface area contributed by atoms with E-state index in [1.165, 1.54) is 0 Å². The Labute approximate surface area is 98.2 Å². The number of carbonyl (C=O) groups is 1. The average Bonchev–Trinajstić information content (AvgIpc) is 2.20. The van der Waals surface area contributed by atoms with Gasteiger partial charge in [0.15, 0.2) is 5.78 Å². The highest BCUT2D eigenvalue weighted by Crippen LogP contribution is 2.08. The Morgan fingerprint density at radius 2 is 1.81 bits per heavy atom. The molecule has 4 nitrogen and oxygen atoms in total. The lowest BCUT2D eigenvalue weighted by molar-refractivity contribution is -0.124. The number of hydrogen-bond donors (Lipinski definition) is 1. The molecule has 16 heavy (non-hydrogen) atoms. The van der Waals surface area contributed by atoms with Gasteiger partial charge in [0.1, 0.15) is 0 Å². The Balaban J connectivity index is 4.10. The molecule has 0 fully saturated rings. The first-order valence-corrected chi connectivity index (χ1v) is 6.08. The first kappa shape index (κ1) is 15.2. The highest BCUT2D eigenvalue weighted by atomic mass is 16.3. The number of rotatable bonds is 9. The van der Waals surface area contributed by atoms with E-state index in [9.17, 15) is 9.70 Å². The van der Waals surface area contributed by atoms with Crippen LogP contribution in [0.5, 0.6) is 0 Å². The van der Waals surface area contributed by atoms with E-state index < -0.39 is 0 Å². The van der Waals surface area contributed by atoms with E-state index in [1.54, 1.807) is 0 Å². The maximum atomic E-state index is 11.9. The maximum Gasteiger partial charge on any atom is 0.152 e. The van der Waals surface area contributed by atoms with Gasteiger partial charge in [0.2, 0.25) is 0 Å². The largest absolute Gasteiger partial charge is 0.305 e. The van der Waals surface area contributed by atoms with Crippen LogP contribution in [0.4, 0.5) is 0 Å². The molecular weight excluding hydrogens is 204 g/mol. The summed E-state index contributed by atoms with van der Waals surface area (Å²) in [6.07, 6.45) is 2.43. The zero-order valence-corrected chi connectivity index (χ0v) is 10.8. The summed E-state index contributed by atoms with van der Waals surface area (Å²) >= 11 is 0. The Morgan fingerprint density at radius 3 is 2.25 bits per heavy atom. The Bertz CT molecular complexity index is 215. The van der Waals surface area contributed by atoms with Crippen LogP contribution in [0.2, 0.25) is 0 Å². The summed E-state index contributed by atoms with van der Waals surface area (Å²) in [4.78, 5) is 21.8. The Kier molecular flexibility index (Phi) is 7.99. The van der Waals surface area contributed by atoms with Gasteiger partial charge >= 0.3 is 0 Å². The molecule has 0 aromatic heterocycles. The van der Waals surface area contributed by atoms with Crippen LogP contribution < -0.4 is 5.32 Å². The molecule has 0 amide bonds. The van der Waals surface area contributed by atoms with Crippen molar-refractivity contribution in [1.29, 1.82) is 0 Å². The van der Waals surface area contributed by atoms with Crippen molar-refractivity contribution in [1.82, 2.24) is 5.32 Å². The number of hydrogen-bond acceptors (Lipinski definition) is 4. The predicted octanol–water partition coefficient (Wildman–Crippen LogP) is 2.51. The number of carbonyl (C=O) groups excluding carboxylic acids is 1. The molecule has 4 heteroatoms. The van der Waals surface area contributed by atoms with Gasteiger partial charge in [0.05, 0.1) is 12.6 Å². The van der Waals surface area contributed by atoms with Gasteiger partial charge in [0, 0.05) is 12.0 Å². The van der Waals surface area contributed by atoms with Gasteiger partial charge in [-0.2, -0.15) is 4.91 Å². The van der Waals surface area contributed by atoms with Gasteiger partial charge in [-0.05, 0) is 19.3 Å². The number of ketones is 1. The standard InChI is InChI=1S/C12H24N2O2/c1-9(2)12(15)11(14-10(3)4)7-5-6-8-13-16/h9-11,14H,5-8H2,1-4H3/t11-/m0/s1. The van der Waals surface area contributed by atoms with Crippen LogP contribution in [-0.2, 0) is 4.79 Å². The lowest BCUT2D eigenvalue weighted by Gasteiger charge is -2.21. The van der Waals surface area contributed by atoms with Crippen LogP contribution >= 0.6 is 0 Å². The number of unbranched alkanes of at least 4 members (excludes halogenated alkanes) is 1. The van der Waals surface area contributed by atoms with Crippen molar-refractivity contribution in [3.63, 3.8) is 0 Å². The Morgan fingerprint density at radius 1 is 1.19 bits per heavy atom. The maximum absolute atomic E-state index is 11.9. The zero-order valence-electron chi connectivity index (χ0n) is 10.8. The van der Waals surface area contributed by atoms with Crippen molar-refractivity contribution in [2.75, 3.05) is 6.54 Å². The van der Waals surface area contributed by atoms with Gasteiger partial charge in [0.25, 0.3) is 0 Å². The van der Waals surface area contributed by atoms with Crippen molar-refractivity contribution >= 4 is 5.78 Å². The van der Waals surface area contributed by atoms with Crippen LogP contribution in [0, 0.1) is 10.8 Å². The van der Waals surface area contributed by atoms with Crippen LogP contribution in [0.1, 0.15) is 47.0 Å². The van der Waals surface area contributed by atoms with E-state index in [0.29, 0.717) is 12.6 Å². The minimum Gasteiger partial charge on any atom is -0.305 e. The lowest BCUT2D eigenvalue weighted by atomic mass is 9.96. The fraction of sp³-hybridized carbons (Fsp3) is 0.917. The summed E-state index contributed by atoms with van der Waals surface area (Å²) in [6.45, 7) is 8.26. The van der Waals surface area contributed by atoms with Crippen molar-refractivity contribution in [3.05, 3.63) is 4.91 Å². The number of Topliss-reactive ketones (excluding diaryl/α,β-unsaturated/α-hetero) is 1. The van der Waals surface area contributed by atoms with E-state index in [1.807, 2.05) is 27.7 Å². The van der Waals surface area contributed by atoms with Crippen molar-refractivity contribution < 1.29 is 4.79 Å². The normalized spacial score (nSPS) is 13.1. The third-order valence-corrected chi connectivity index (χ3v) is 2.44. The number of nitroso groups, excluding NO2 is 1. The third-order valence-electron chi connectivity index (χ3n) is 2.44. The summed E-state index contributed by atoms with van der Waals surface area (Å²) < 4.78 is 0. The minimum atomic E-state index is -0.0772. The van der Waals surface area contributed by atoms with Gasteiger partial charge in [-0.3, -0.25) is 4.79 Å². The van der Waals surface area contributed by atoms with Gasteiger partial charge in [-0.25, -0.2) is 0 Å². The monoisotopic (exact) mass is 228 g/mol. The van der Waals surface area contributed by atoms with E-state index in [-0.39, 0.29) is 17.7 Å². The third kappa shape index (κ3) is 6.67. The fourth-order valence-corrected chi connectivity index (χ4v) is 1.64. The smallest absolute Gasteiger partial charge is 0.152 e. The summed E-state index contributed by atoms with van der Waals surface area (Å²) in [7, 11) is 0. The number of nitrogens with zero attached hydrogens (tertiary/aromatic N) is 1. The zero-order chi connectivity index (χ0) is 12.6. The molecule has 0 aromatic rings. The van der Waals surface area contributed by atoms with E-state index >= 15 is 0 Å². The molecule has 0 saturated heterocycles. The summed E-state index contributed by atoms with van der Waals surface area (Å²) in [5.41, 5.74) is 0. The van der Waals surface area contributed by atoms with Crippen LogP contribution in [0.3, 0.4) is 0 Å². The SMILES string of the molecule is CC(C)N[C@@H](CCCCN=O)C(=O)C(C)C. The molecule has 0 unspecified atom stereocenters. The average molecular weight is 228 g/mol.